The Morgan fingerprint density at radius 1 is 1.37 bits per heavy atom. The number of benzene rings is 1. The van der Waals surface area contributed by atoms with Crippen molar-refractivity contribution in [3.63, 3.8) is 0 Å². The fraction of sp³-hybridized carbons (Fsp3) is 0.500. The van der Waals surface area contributed by atoms with Gasteiger partial charge in [0.1, 0.15) is 17.4 Å². The summed E-state index contributed by atoms with van der Waals surface area (Å²) in [4.78, 5) is 11.9. The molecule has 1 aromatic carbocycles. The molecule has 1 heterocycles. The zero-order valence-corrected chi connectivity index (χ0v) is 12.0. The second kappa shape index (κ2) is 6.57. The lowest BCUT2D eigenvalue weighted by molar-refractivity contribution is -0.122. The topological polar surface area (TPSA) is 26.3 Å². The Morgan fingerprint density at radius 3 is 2.84 bits per heavy atom. The lowest BCUT2D eigenvalue weighted by Crippen LogP contribution is -2.23. The van der Waals surface area contributed by atoms with Gasteiger partial charge in [0.2, 0.25) is 0 Å². The van der Waals surface area contributed by atoms with Crippen molar-refractivity contribution >= 4 is 21.7 Å². The molecule has 0 aromatic heterocycles. The summed E-state index contributed by atoms with van der Waals surface area (Å²) in [6.45, 7) is 0.664. The van der Waals surface area contributed by atoms with Crippen molar-refractivity contribution in [2.75, 3.05) is 6.61 Å². The average Bonchev–Trinajstić information content (AvgIpc) is 2.40. The van der Waals surface area contributed by atoms with Crippen LogP contribution in [0.3, 0.4) is 0 Å². The minimum absolute atomic E-state index is 0.0977. The van der Waals surface area contributed by atoms with Crippen molar-refractivity contribution in [2.45, 2.75) is 38.2 Å². The fourth-order valence-electron chi connectivity index (χ4n) is 2.22. The van der Waals surface area contributed by atoms with Gasteiger partial charge in [-0.25, -0.2) is 8.78 Å². The molecule has 1 unspecified atom stereocenters. The van der Waals surface area contributed by atoms with Crippen LogP contribution in [-0.4, -0.2) is 18.5 Å². The van der Waals surface area contributed by atoms with Crippen molar-refractivity contribution < 1.29 is 18.3 Å². The number of ketones is 1. The van der Waals surface area contributed by atoms with Crippen LogP contribution in [-0.2, 0) is 16.0 Å². The molecule has 1 fully saturated rings. The molecule has 2 rings (SSSR count). The van der Waals surface area contributed by atoms with Crippen LogP contribution >= 0.6 is 15.9 Å². The van der Waals surface area contributed by atoms with Gasteiger partial charge in [-0.05, 0) is 47.3 Å². The Hall–Kier alpha value is -0.810. The molecule has 0 bridgehead atoms. The molecule has 0 N–H and O–H groups in total. The molecular weight excluding hydrogens is 318 g/mol. The standard InChI is InChI=1S/C14H15BrF2O2/c15-12-4-5-13(16)11(14(12)17)8-9(18)7-10-3-1-2-6-19-10/h4-5,10H,1-3,6-8H2. The molecule has 1 aliphatic rings. The molecular formula is C14H15BrF2O2. The molecule has 0 spiro atoms. The number of ether oxygens (including phenoxy) is 1. The average molecular weight is 333 g/mol. The van der Waals surface area contributed by atoms with Gasteiger partial charge in [-0.1, -0.05) is 0 Å². The third-order valence-corrected chi connectivity index (χ3v) is 3.85. The Labute approximate surface area is 119 Å². The fourth-order valence-corrected chi connectivity index (χ4v) is 2.59. The molecule has 104 valence electrons. The lowest BCUT2D eigenvalue weighted by Gasteiger charge is -2.21. The highest BCUT2D eigenvalue weighted by atomic mass is 79.9. The third kappa shape index (κ3) is 3.83. The minimum Gasteiger partial charge on any atom is -0.378 e. The van der Waals surface area contributed by atoms with E-state index in [-0.39, 0.29) is 34.8 Å². The maximum absolute atomic E-state index is 13.7. The summed E-state index contributed by atoms with van der Waals surface area (Å²) in [7, 11) is 0. The van der Waals surface area contributed by atoms with Gasteiger partial charge < -0.3 is 4.74 Å². The zero-order valence-electron chi connectivity index (χ0n) is 10.4. The van der Waals surface area contributed by atoms with E-state index in [1.165, 1.54) is 6.07 Å². The number of halogens is 3. The van der Waals surface area contributed by atoms with Gasteiger partial charge in [-0.3, -0.25) is 4.79 Å². The van der Waals surface area contributed by atoms with Crippen LogP contribution in [0, 0.1) is 11.6 Å². The number of hydrogen-bond acceptors (Lipinski definition) is 2. The molecule has 1 saturated heterocycles. The van der Waals surface area contributed by atoms with Gasteiger partial charge in [0.05, 0.1) is 10.6 Å². The van der Waals surface area contributed by atoms with Crippen LogP contribution in [0.5, 0.6) is 0 Å². The molecule has 1 atom stereocenters. The van der Waals surface area contributed by atoms with Crippen LogP contribution in [0.15, 0.2) is 16.6 Å². The largest absolute Gasteiger partial charge is 0.378 e. The van der Waals surface area contributed by atoms with E-state index in [2.05, 4.69) is 15.9 Å². The van der Waals surface area contributed by atoms with Gasteiger partial charge in [-0.15, -0.1) is 0 Å². The quantitative estimate of drug-likeness (QED) is 0.784. The van der Waals surface area contributed by atoms with E-state index in [9.17, 15) is 13.6 Å². The van der Waals surface area contributed by atoms with Gasteiger partial charge >= 0.3 is 0 Å². The van der Waals surface area contributed by atoms with Gasteiger partial charge in [0, 0.05) is 25.0 Å². The summed E-state index contributed by atoms with van der Waals surface area (Å²) < 4.78 is 32.9. The SMILES string of the molecule is O=C(Cc1c(F)ccc(Br)c1F)CC1CCCCO1. The molecule has 0 aliphatic carbocycles. The molecule has 1 aromatic rings. The number of Topliss-reactive ketones (excluding diaryl/α,β-unsaturated/α-hetero) is 1. The van der Waals surface area contributed by atoms with Crippen molar-refractivity contribution in [1.29, 1.82) is 0 Å². The molecule has 0 amide bonds. The zero-order chi connectivity index (χ0) is 13.8. The molecule has 1 aliphatic heterocycles. The highest BCUT2D eigenvalue weighted by Gasteiger charge is 2.20. The number of carbonyl (C=O) groups excluding carboxylic acids is 1. The van der Waals surface area contributed by atoms with Crippen molar-refractivity contribution in [3.8, 4) is 0 Å². The number of carbonyl (C=O) groups is 1. The van der Waals surface area contributed by atoms with Crippen LogP contribution in [0.2, 0.25) is 0 Å². The van der Waals surface area contributed by atoms with Crippen LogP contribution < -0.4 is 0 Å². The molecule has 5 heteroatoms. The second-order valence-electron chi connectivity index (χ2n) is 4.73. The Morgan fingerprint density at radius 2 is 2.16 bits per heavy atom. The maximum Gasteiger partial charge on any atom is 0.143 e. The van der Waals surface area contributed by atoms with Crippen molar-refractivity contribution in [3.05, 3.63) is 33.8 Å². The van der Waals surface area contributed by atoms with Crippen LogP contribution in [0.1, 0.15) is 31.2 Å². The molecule has 0 radical (unpaired) electrons. The Kier molecular flexibility index (Phi) is 5.05. The first kappa shape index (κ1) is 14.6. The molecule has 19 heavy (non-hydrogen) atoms. The number of hydrogen-bond donors (Lipinski definition) is 0. The maximum atomic E-state index is 13.7. The van der Waals surface area contributed by atoms with Crippen LogP contribution in [0.25, 0.3) is 0 Å². The first-order chi connectivity index (χ1) is 9.08. The van der Waals surface area contributed by atoms with E-state index in [1.807, 2.05) is 0 Å². The molecule has 0 saturated carbocycles. The first-order valence-corrected chi connectivity index (χ1v) is 7.13. The summed E-state index contributed by atoms with van der Waals surface area (Å²) in [5.41, 5.74) is -0.171. The Balaban J connectivity index is 2.00. The van der Waals surface area contributed by atoms with E-state index < -0.39 is 11.6 Å². The normalized spacial score (nSPS) is 19.4. The second-order valence-corrected chi connectivity index (χ2v) is 5.58. The predicted molar refractivity (Wildman–Crippen MR) is 71.0 cm³/mol. The smallest absolute Gasteiger partial charge is 0.143 e. The highest BCUT2D eigenvalue weighted by molar-refractivity contribution is 9.10. The molecule has 2 nitrogen and oxygen atoms in total. The highest BCUT2D eigenvalue weighted by Crippen LogP contribution is 2.23. The van der Waals surface area contributed by atoms with Gasteiger partial charge in [-0.2, -0.15) is 0 Å². The van der Waals surface area contributed by atoms with E-state index >= 15 is 0 Å². The summed E-state index contributed by atoms with van der Waals surface area (Å²) >= 11 is 2.99. The Bertz CT molecular complexity index is 471. The van der Waals surface area contributed by atoms with Gasteiger partial charge in [0.15, 0.2) is 0 Å². The van der Waals surface area contributed by atoms with Crippen LogP contribution in [0.4, 0.5) is 8.78 Å². The summed E-state index contributed by atoms with van der Waals surface area (Å²) in [6.07, 6.45) is 2.80. The van der Waals surface area contributed by atoms with E-state index in [0.29, 0.717) is 6.61 Å². The van der Waals surface area contributed by atoms with E-state index in [4.69, 9.17) is 4.74 Å². The summed E-state index contributed by atoms with van der Waals surface area (Å²) in [5, 5.41) is 0. The number of rotatable bonds is 4. The predicted octanol–water partition coefficient (Wildman–Crippen LogP) is 3.80. The third-order valence-electron chi connectivity index (χ3n) is 3.24. The van der Waals surface area contributed by atoms with E-state index in [1.54, 1.807) is 0 Å². The van der Waals surface area contributed by atoms with Crippen molar-refractivity contribution in [1.82, 2.24) is 0 Å². The summed E-state index contributed by atoms with van der Waals surface area (Å²) in [5.74, 6) is -1.57. The lowest BCUT2D eigenvalue weighted by atomic mass is 9.99. The monoisotopic (exact) mass is 332 g/mol. The summed E-state index contributed by atoms with van der Waals surface area (Å²) in [6, 6.07) is 2.45. The minimum atomic E-state index is -0.696. The van der Waals surface area contributed by atoms with E-state index in [0.717, 1.165) is 25.3 Å². The first-order valence-electron chi connectivity index (χ1n) is 6.33. The van der Waals surface area contributed by atoms with Gasteiger partial charge in [0.25, 0.3) is 0 Å². The van der Waals surface area contributed by atoms with Crippen molar-refractivity contribution in [2.24, 2.45) is 0 Å².